The number of halogens is 2. The summed E-state index contributed by atoms with van der Waals surface area (Å²) in [5.74, 6) is -1.82. The van der Waals surface area contributed by atoms with Crippen molar-refractivity contribution in [1.82, 2.24) is 9.55 Å². The van der Waals surface area contributed by atoms with Gasteiger partial charge in [0.25, 0.3) is 0 Å². The minimum atomic E-state index is -0.914. The number of H-pyrrole nitrogens is 1. The summed E-state index contributed by atoms with van der Waals surface area (Å²) in [6.45, 7) is 0. The topological polar surface area (TPSA) is 41.0 Å². The first-order chi connectivity index (χ1) is 9.09. The largest absolute Gasteiger partial charge is 0.391 e. The zero-order chi connectivity index (χ0) is 13.6. The van der Waals surface area contributed by atoms with E-state index in [1.54, 1.807) is 0 Å². The zero-order valence-electron chi connectivity index (χ0n) is 10.2. The predicted octanol–water partition coefficient (Wildman–Crippen LogP) is 3.45. The van der Waals surface area contributed by atoms with Crippen LogP contribution in [0.1, 0.15) is 31.7 Å². The van der Waals surface area contributed by atoms with Crippen LogP contribution in [0.4, 0.5) is 8.78 Å². The first-order valence-electron chi connectivity index (χ1n) is 6.36. The average Bonchev–Trinajstić information content (AvgIpc) is 2.72. The molecular weight excluding hydrogens is 270 g/mol. The molecular formula is C13H14F2N2OS. The van der Waals surface area contributed by atoms with Crippen molar-refractivity contribution in [2.45, 2.75) is 37.8 Å². The Hall–Kier alpha value is -1.27. The molecule has 0 amide bonds. The maximum absolute atomic E-state index is 14.0. The molecule has 0 aliphatic heterocycles. The van der Waals surface area contributed by atoms with E-state index in [1.807, 2.05) is 0 Å². The van der Waals surface area contributed by atoms with E-state index in [0.29, 0.717) is 16.7 Å². The molecule has 6 heteroatoms. The molecule has 1 heterocycles. The highest BCUT2D eigenvalue weighted by molar-refractivity contribution is 7.71. The van der Waals surface area contributed by atoms with Crippen molar-refractivity contribution in [3.63, 3.8) is 0 Å². The number of aliphatic hydroxyl groups excluding tert-OH is 1. The second-order valence-electron chi connectivity index (χ2n) is 4.98. The summed E-state index contributed by atoms with van der Waals surface area (Å²) in [7, 11) is 0. The molecule has 2 unspecified atom stereocenters. The fourth-order valence-electron chi connectivity index (χ4n) is 2.86. The number of nitrogens with one attached hydrogen (secondary N) is 1. The Bertz CT molecular complexity index is 679. The van der Waals surface area contributed by atoms with Crippen LogP contribution >= 0.6 is 12.2 Å². The minimum Gasteiger partial charge on any atom is -0.391 e. The third kappa shape index (κ3) is 1.99. The molecule has 19 heavy (non-hydrogen) atoms. The highest BCUT2D eigenvalue weighted by atomic mass is 32.1. The lowest BCUT2D eigenvalue weighted by Crippen LogP contribution is -2.27. The highest BCUT2D eigenvalue weighted by Gasteiger charge is 2.28. The van der Waals surface area contributed by atoms with Crippen LogP contribution in [0.15, 0.2) is 12.1 Å². The van der Waals surface area contributed by atoms with Crippen LogP contribution in [-0.2, 0) is 0 Å². The van der Waals surface area contributed by atoms with Gasteiger partial charge in [-0.15, -0.1) is 0 Å². The summed E-state index contributed by atoms with van der Waals surface area (Å²) >= 11 is 5.20. The molecule has 3 rings (SSSR count). The van der Waals surface area contributed by atoms with Gasteiger partial charge in [-0.3, -0.25) is 0 Å². The lowest BCUT2D eigenvalue weighted by molar-refractivity contribution is 0.0764. The van der Waals surface area contributed by atoms with Gasteiger partial charge < -0.3 is 14.7 Å². The number of hydrogen-bond acceptors (Lipinski definition) is 2. The lowest BCUT2D eigenvalue weighted by atomic mass is 9.92. The number of fused-ring (bicyclic) bond motifs is 1. The number of nitrogens with zero attached hydrogens (tertiary/aromatic N) is 1. The molecule has 1 aromatic carbocycles. The Labute approximate surface area is 113 Å². The molecule has 1 aliphatic rings. The van der Waals surface area contributed by atoms with Crippen LogP contribution in [-0.4, -0.2) is 20.8 Å². The van der Waals surface area contributed by atoms with E-state index in [4.69, 9.17) is 12.2 Å². The third-order valence-electron chi connectivity index (χ3n) is 3.80. The van der Waals surface area contributed by atoms with Crippen molar-refractivity contribution in [3.8, 4) is 0 Å². The molecule has 2 N–H and O–H groups in total. The highest BCUT2D eigenvalue weighted by Crippen LogP contribution is 2.33. The smallest absolute Gasteiger partial charge is 0.184 e. The van der Waals surface area contributed by atoms with Gasteiger partial charge in [0.2, 0.25) is 0 Å². The molecule has 102 valence electrons. The Morgan fingerprint density at radius 3 is 2.74 bits per heavy atom. The van der Waals surface area contributed by atoms with Gasteiger partial charge in [-0.1, -0.05) is 12.8 Å². The predicted molar refractivity (Wildman–Crippen MR) is 70.6 cm³/mol. The zero-order valence-corrected chi connectivity index (χ0v) is 11.0. The van der Waals surface area contributed by atoms with Crippen molar-refractivity contribution >= 4 is 23.3 Å². The molecule has 1 saturated carbocycles. The van der Waals surface area contributed by atoms with Crippen LogP contribution in [0.5, 0.6) is 0 Å². The van der Waals surface area contributed by atoms with Gasteiger partial charge in [0.15, 0.2) is 16.4 Å². The van der Waals surface area contributed by atoms with E-state index in [9.17, 15) is 13.9 Å². The molecule has 2 atom stereocenters. The van der Waals surface area contributed by atoms with Crippen LogP contribution in [0.25, 0.3) is 11.0 Å². The molecule has 1 aliphatic carbocycles. The van der Waals surface area contributed by atoms with Gasteiger partial charge in [-0.25, -0.2) is 8.78 Å². The molecule has 0 saturated heterocycles. The number of aromatic amines is 1. The number of rotatable bonds is 1. The van der Waals surface area contributed by atoms with E-state index < -0.39 is 17.7 Å². The van der Waals surface area contributed by atoms with Crippen molar-refractivity contribution in [1.29, 1.82) is 0 Å². The minimum absolute atomic E-state index is 0.121. The summed E-state index contributed by atoms with van der Waals surface area (Å²) < 4.78 is 29.3. The van der Waals surface area contributed by atoms with Gasteiger partial charge in [0.05, 0.1) is 17.7 Å². The number of hydrogen-bond donors (Lipinski definition) is 2. The molecule has 0 spiro atoms. The van der Waals surface area contributed by atoms with Gasteiger partial charge in [0.1, 0.15) is 5.52 Å². The molecule has 0 bridgehead atoms. The molecule has 2 aromatic rings. The van der Waals surface area contributed by atoms with Gasteiger partial charge >= 0.3 is 0 Å². The Morgan fingerprint density at radius 1 is 1.26 bits per heavy atom. The van der Waals surface area contributed by atoms with Crippen molar-refractivity contribution in [2.24, 2.45) is 0 Å². The third-order valence-corrected chi connectivity index (χ3v) is 4.09. The van der Waals surface area contributed by atoms with E-state index in [1.165, 1.54) is 10.6 Å². The van der Waals surface area contributed by atoms with Crippen LogP contribution in [0, 0.1) is 16.4 Å². The quantitative estimate of drug-likeness (QED) is 0.787. The van der Waals surface area contributed by atoms with E-state index >= 15 is 0 Å². The van der Waals surface area contributed by atoms with Crippen molar-refractivity contribution in [3.05, 3.63) is 28.5 Å². The monoisotopic (exact) mass is 284 g/mol. The average molecular weight is 284 g/mol. The number of benzene rings is 1. The second kappa shape index (κ2) is 4.68. The molecule has 1 aromatic heterocycles. The Balaban J connectivity index is 2.25. The van der Waals surface area contributed by atoms with Crippen LogP contribution in [0.3, 0.4) is 0 Å². The van der Waals surface area contributed by atoms with Crippen molar-refractivity contribution < 1.29 is 13.9 Å². The second-order valence-corrected chi connectivity index (χ2v) is 5.36. The summed E-state index contributed by atoms with van der Waals surface area (Å²) in [4.78, 5) is 2.87. The fraction of sp³-hybridized carbons (Fsp3) is 0.462. The normalized spacial score (nSPS) is 23.9. The van der Waals surface area contributed by atoms with Crippen LogP contribution in [0.2, 0.25) is 0 Å². The fourth-order valence-corrected chi connectivity index (χ4v) is 3.20. The summed E-state index contributed by atoms with van der Waals surface area (Å²) in [6.07, 6.45) is 2.72. The first-order valence-corrected chi connectivity index (χ1v) is 6.76. The number of aliphatic hydroxyl groups is 1. The summed E-state index contributed by atoms with van der Waals surface area (Å²) in [6, 6.07) is 2.26. The Kier molecular flexibility index (Phi) is 3.14. The van der Waals surface area contributed by atoms with Gasteiger partial charge in [0, 0.05) is 0 Å². The van der Waals surface area contributed by atoms with Crippen molar-refractivity contribution in [2.75, 3.05) is 0 Å². The van der Waals surface area contributed by atoms with Crippen LogP contribution < -0.4 is 0 Å². The number of aromatic nitrogens is 2. The lowest BCUT2D eigenvalue weighted by Gasteiger charge is -2.29. The van der Waals surface area contributed by atoms with Gasteiger partial charge in [-0.05, 0) is 37.2 Å². The van der Waals surface area contributed by atoms with E-state index in [-0.39, 0.29) is 11.6 Å². The van der Waals surface area contributed by atoms with E-state index in [2.05, 4.69) is 4.98 Å². The summed E-state index contributed by atoms with van der Waals surface area (Å²) in [5.41, 5.74) is 0.581. The Morgan fingerprint density at radius 2 is 2.00 bits per heavy atom. The maximum Gasteiger partial charge on any atom is 0.184 e. The summed E-state index contributed by atoms with van der Waals surface area (Å²) in [5, 5.41) is 10.1. The van der Waals surface area contributed by atoms with E-state index in [0.717, 1.165) is 25.3 Å². The molecule has 3 nitrogen and oxygen atoms in total. The van der Waals surface area contributed by atoms with Gasteiger partial charge in [-0.2, -0.15) is 0 Å². The SMILES string of the molecule is OC1CCCCC1n1c(=S)[nH]c2ccc(F)c(F)c21. The number of imidazole rings is 1. The molecule has 0 radical (unpaired) electrons. The standard InChI is InChI=1S/C13H14F2N2OS/c14-7-5-6-8-12(11(7)15)17(13(19)16-8)9-3-1-2-4-10(9)18/h5-6,9-10,18H,1-4H2,(H,16,19). The maximum atomic E-state index is 14.0. The molecule has 1 fully saturated rings. The first kappa shape index (κ1) is 12.7.